The summed E-state index contributed by atoms with van der Waals surface area (Å²) in [6.45, 7) is 5.73. The van der Waals surface area contributed by atoms with Crippen molar-refractivity contribution in [3.8, 4) is 0 Å². The van der Waals surface area contributed by atoms with Gasteiger partial charge in [0.25, 0.3) is 5.91 Å². The monoisotopic (exact) mass is 296 g/mol. The van der Waals surface area contributed by atoms with Crippen LogP contribution >= 0.6 is 0 Å². The number of nitrogens with zero attached hydrogens (tertiary/aromatic N) is 1. The first-order chi connectivity index (χ1) is 10.5. The third-order valence-corrected chi connectivity index (χ3v) is 4.43. The van der Waals surface area contributed by atoms with Crippen molar-refractivity contribution in [3.63, 3.8) is 0 Å². The largest absolute Gasteiger partial charge is 0.336 e. The lowest BCUT2D eigenvalue weighted by Crippen LogP contribution is -2.31. The van der Waals surface area contributed by atoms with Crippen LogP contribution in [-0.4, -0.2) is 28.9 Å². The molecule has 0 radical (unpaired) electrons. The molecule has 1 aliphatic rings. The minimum absolute atomic E-state index is 0.00604. The first kappa shape index (κ1) is 14.6. The van der Waals surface area contributed by atoms with Gasteiger partial charge in [-0.25, -0.2) is 0 Å². The van der Waals surface area contributed by atoms with E-state index in [9.17, 15) is 9.59 Å². The molecule has 1 aromatic carbocycles. The predicted molar refractivity (Wildman–Crippen MR) is 85.9 cm³/mol. The summed E-state index contributed by atoms with van der Waals surface area (Å²) in [6, 6.07) is 15.0. The Hall–Kier alpha value is -2.36. The Morgan fingerprint density at radius 1 is 1.14 bits per heavy atom. The highest BCUT2D eigenvalue weighted by molar-refractivity contribution is 5.92. The Balaban J connectivity index is 1.86. The molecular weight excluding hydrogens is 276 g/mol. The number of benzene rings is 1. The predicted octanol–water partition coefficient (Wildman–Crippen LogP) is 2.64. The van der Waals surface area contributed by atoms with Gasteiger partial charge >= 0.3 is 0 Å². The molecule has 1 aromatic heterocycles. The molecule has 1 N–H and O–H groups in total. The van der Waals surface area contributed by atoms with Crippen molar-refractivity contribution in [2.45, 2.75) is 19.8 Å². The molecule has 0 spiro atoms. The number of rotatable bonds is 2. The molecule has 1 amide bonds. The van der Waals surface area contributed by atoms with Crippen LogP contribution in [-0.2, 0) is 0 Å². The zero-order valence-corrected chi connectivity index (χ0v) is 12.9. The quantitative estimate of drug-likeness (QED) is 0.926. The van der Waals surface area contributed by atoms with Crippen LogP contribution in [0.3, 0.4) is 0 Å². The number of H-pyrrole nitrogens is 1. The summed E-state index contributed by atoms with van der Waals surface area (Å²) < 4.78 is 0. The fourth-order valence-corrected chi connectivity index (χ4v) is 3.27. The lowest BCUT2D eigenvalue weighted by molar-refractivity contribution is 0.0772. The summed E-state index contributed by atoms with van der Waals surface area (Å²) in [7, 11) is 0. The first-order valence-corrected chi connectivity index (χ1v) is 7.51. The molecule has 2 heterocycles. The molecule has 4 nitrogen and oxygen atoms in total. The minimum atomic E-state index is -0.246. The number of hydrogen-bond donors (Lipinski definition) is 1. The number of likely N-dealkylation sites (tertiary alicyclic amines) is 1. The van der Waals surface area contributed by atoms with Gasteiger partial charge in [0.05, 0.1) is 0 Å². The van der Waals surface area contributed by atoms with E-state index in [2.05, 4.69) is 31.0 Å². The molecule has 0 aliphatic carbocycles. The summed E-state index contributed by atoms with van der Waals surface area (Å²) in [5.74, 6) is 0.192. The smallest absolute Gasteiger partial charge is 0.270 e. The molecule has 3 rings (SSSR count). The van der Waals surface area contributed by atoms with Crippen molar-refractivity contribution in [3.05, 3.63) is 70.1 Å². The Morgan fingerprint density at radius 2 is 1.86 bits per heavy atom. The first-order valence-electron chi connectivity index (χ1n) is 7.51. The molecule has 1 unspecified atom stereocenters. The van der Waals surface area contributed by atoms with Crippen LogP contribution in [0, 0.1) is 5.41 Å². The van der Waals surface area contributed by atoms with Crippen LogP contribution in [0.25, 0.3) is 0 Å². The number of pyridine rings is 1. The molecule has 0 saturated carbocycles. The Kier molecular flexibility index (Phi) is 3.61. The van der Waals surface area contributed by atoms with E-state index in [0.717, 1.165) is 0 Å². The summed E-state index contributed by atoms with van der Waals surface area (Å²) in [6.07, 6.45) is 0. The third kappa shape index (κ3) is 2.69. The lowest BCUT2D eigenvalue weighted by atomic mass is 9.78. The van der Waals surface area contributed by atoms with Gasteiger partial charge in [-0.15, -0.1) is 0 Å². The van der Waals surface area contributed by atoms with Crippen molar-refractivity contribution in [1.82, 2.24) is 9.88 Å². The van der Waals surface area contributed by atoms with Gasteiger partial charge in [-0.2, -0.15) is 0 Å². The molecule has 1 atom stereocenters. The van der Waals surface area contributed by atoms with Crippen LogP contribution in [0.5, 0.6) is 0 Å². The van der Waals surface area contributed by atoms with Crippen molar-refractivity contribution in [2.24, 2.45) is 5.41 Å². The summed E-state index contributed by atoms with van der Waals surface area (Å²) >= 11 is 0. The molecule has 1 fully saturated rings. The minimum Gasteiger partial charge on any atom is -0.336 e. The molecule has 22 heavy (non-hydrogen) atoms. The second-order valence-corrected chi connectivity index (χ2v) is 6.57. The van der Waals surface area contributed by atoms with Gasteiger partial charge in [-0.1, -0.05) is 50.2 Å². The maximum Gasteiger partial charge on any atom is 0.270 e. The molecule has 4 heteroatoms. The number of nitrogens with one attached hydrogen (secondary N) is 1. The van der Waals surface area contributed by atoms with Gasteiger partial charge in [0.15, 0.2) is 0 Å². The highest BCUT2D eigenvalue weighted by atomic mass is 16.2. The van der Waals surface area contributed by atoms with Gasteiger partial charge in [0, 0.05) is 25.1 Å². The summed E-state index contributed by atoms with van der Waals surface area (Å²) in [5, 5.41) is 0. The second-order valence-electron chi connectivity index (χ2n) is 6.57. The molecule has 1 saturated heterocycles. The molecule has 2 aromatic rings. The van der Waals surface area contributed by atoms with Gasteiger partial charge < -0.3 is 9.88 Å². The van der Waals surface area contributed by atoms with Crippen molar-refractivity contribution in [1.29, 1.82) is 0 Å². The second kappa shape index (κ2) is 5.44. The van der Waals surface area contributed by atoms with Crippen molar-refractivity contribution < 1.29 is 4.79 Å². The SMILES string of the molecule is CC1(C)CN(C(=O)c2cccc(=O)[nH]2)CC1c1ccccc1. The standard InChI is InChI=1S/C18H20N2O2/c1-18(2)12-20(11-14(18)13-7-4-3-5-8-13)17(22)15-9-6-10-16(21)19-15/h3-10,14H,11-12H2,1-2H3,(H,19,21). The van der Waals surface area contributed by atoms with Gasteiger partial charge in [-0.05, 0) is 17.0 Å². The zero-order valence-electron chi connectivity index (χ0n) is 12.9. The van der Waals surface area contributed by atoms with Gasteiger partial charge in [0.1, 0.15) is 5.69 Å². The fourth-order valence-electron chi connectivity index (χ4n) is 3.27. The van der Waals surface area contributed by atoms with Crippen molar-refractivity contribution in [2.75, 3.05) is 13.1 Å². The highest BCUT2D eigenvalue weighted by Crippen LogP contribution is 2.42. The van der Waals surface area contributed by atoms with E-state index in [4.69, 9.17) is 0 Å². The van der Waals surface area contributed by atoms with Crippen LogP contribution in [0.2, 0.25) is 0 Å². The number of carbonyl (C=O) groups is 1. The van der Waals surface area contributed by atoms with E-state index in [-0.39, 0.29) is 16.9 Å². The number of amides is 1. The van der Waals surface area contributed by atoms with Crippen LogP contribution in [0.4, 0.5) is 0 Å². The maximum absolute atomic E-state index is 12.6. The van der Waals surface area contributed by atoms with E-state index < -0.39 is 0 Å². The van der Waals surface area contributed by atoms with Gasteiger partial charge in [-0.3, -0.25) is 9.59 Å². The Bertz CT molecular complexity index is 734. The number of aromatic amines is 1. The van der Waals surface area contributed by atoms with E-state index in [1.165, 1.54) is 11.6 Å². The Morgan fingerprint density at radius 3 is 2.55 bits per heavy atom. The molecule has 0 bridgehead atoms. The number of hydrogen-bond acceptors (Lipinski definition) is 2. The van der Waals surface area contributed by atoms with Crippen LogP contribution in [0.15, 0.2) is 53.3 Å². The topological polar surface area (TPSA) is 53.2 Å². The molecule has 114 valence electrons. The normalized spacial score (nSPS) is 20.1. The van der Waals surface area contributed by atoms with Crippen molar-refractivity contribution >= 4 is 5.91 Å². The van der Waals surface area contributed by atoms with Crippen LogP contribution < -0.4 is 5.56 Å². The maximum atomic E-state index is 12.6. The number of carbonyl (C=O) groups excluding carboxylic acids is 1. The third-order valence-electron chi connectivity index (χ3n) is 4.43. The lowest BCUT2D eigenvalue weighted by Gasteiger charge is -2.25. The van der Waals surface area contributed by atoms with Crippen LogP contribution in [0.1, 0.15) is 35.8 Å². The fraction of sp³-hybridized carbons (Fsp3) is 0.333. The average Bonchev–Trinajstić information content (AvgIpc) is 2.83. The molecule has 1 aliphatic heterocycles. The Labute approximate surface area is 129 Å². The summed E-state index contributed by atoms with van der Waals surface area (Å²) in [4.78, 5) is 28.5. The highest BCUT2D eigenvalue weighted by Gasteiger charge is 2.42. The van der Waals surface area contributed by atoms with Gasteiger partial charge in [0.2, 0.25) is 5.56 Å². The number of aromatic nitrogens is 1. The zero-order chi connectivity index (χ0) is 15.7. The van der Waals surface area contributed by atoms with E-state index in [1.807, 2.05) is 23.1 Å². The summed E-state index contributed by atoms with van der Waals surface area (Å²) in [5.41, 5.74) is 1.37. The molecular formula is C18H20N2O2. The van der Waals surface area contributed by atoms with E-state index in [0.29, 0.717) is 24.7 Å². The van der Waals surface area contributed by atoms with E-state index >= 15 is 0 Å². The van der Waals surface area contributed by atoms with E-state index in [1.54, 1.807) is 12.1 Å². The average molecular weight is 296 g/mol.